The van der Waals surface area contributed by atoms with Crippen LogP contribution in [0.15, 0.2) is 4.99 Å². The van der Waals surface area contributed by atoms with Crippen molar-refractivity contribution < 1.29 is 0 Å². The van der Waals surface area contributed by atoms with Gasteiger partial charge in [0.05, 0.1) is 0 Å². The van der Waals surface area contributed by atoms with Crippen molar-refractivity contribution in [3.8, 4) is 0 Å². The molecule has 1 atom stereocenters. The Balaban J connectivity index is 0.00000441. The second-order valence-corrected chi connectivity index (χ2v) is 6.64. The molecule has 0 aromatic heterocycles. The van der Waals surface area contributed by atoms with Gasteiger partial charge < -0.3 is 15.5 Å². The Morgan fingerprint density at radius 3 is 2.68 bits per heavy atom. The van der Waals surface area contributed by atoms with Crippen LogP contribution in [0.25, 0.3) is 0 Å². The van der Waals surface area contributed by atoms with Crippen LogP contribution in [0.4, 0.5) is 0 Å². The van der Waals surface area contributed by atoms with Gasteiger partial charge in [-0.2, -0.15) is 0 Å². The first-order valence-electron chi connectivity index (χ1n) is 8.90. The molecule has 0 aromatic rings. The molecule has 0 radical (unpaired) electrons. The molecule has 4 nitrogen and oxygen atoms in total. The lowest BCUT2D eigenvalue weighted by Gasteiger charge is -2.15. The van der Waals surface area contributed by atoms with Crippen molar-refractivity contribution in [1.82, 2.24) is 15.5 Å². The van der Waals surface area contributed by atoms with Crippen LogP contribution < -0.4 is 10.6 Å². The lowest BCUT2D eigenvalue weighted by Crippen LogP contribution is -2.38. The number of aliphatic imine (C=N–C) groups is 1. The van der Waals surface area contributed by atoms with Crippen molar-refractivity contribution in [2.24, 2.45) is 16.8 Å². The van der Waals surface area contributed by atoms with E-state index in [2.05, 4.69) is 43.2 Å². The minimum Gasteiger partial charge on any atom is -0.357 e. The van der Waals surface area contributed by atoms with Crippen LogP contribution in [0.2, 0.25) is 0 Å². The third-order valence-corrected chi connectivity index (χ3v) is 4.01. The van der Waals surface area contributed by atoms with Crippen LogP contribution >= 0.6 is 24.0 Å². The zero-order valence-corrected chi connectivity index (χ0v) is 17.4. The maximum atomic E-state index is 4.77. The van der Waals surface area contributed by atoms with Crippen LogP contribution in [0.1, 0.15) is 53.4 Å². The van der Waals surface area contributed by atoms with Gasteiger partial charge in [0.15, 0.2) is 5.96 Å². The van der Waals surface area contributed by atoms with Gasteiger partial charge in [0.2, 0.25) is 0 Å². The van der Waals surface area contributed by atoms with Gasteiger partial charge in [-0.25, -0.2) is 0 Å². The highest BCUT2D eigenvalue weighted by Gasteiger charge is 2.21. The molecule has 132 valence electrons. The highest BCUT2D eigenvalue weighted by molar-refractivity contribution is 14.0. The standard InChI is InChI=1S/C17H36N4.HI/c1-5-11-21-12-9-16(14-21)13-20-17(18-6-2)19-10-7-8-15(3)4;/h15-16H,5-14H2,1-4H3,(H2,18,19,20);1H. The Bertz CT molecular complexity index is 294. The Kier molecular flexibility index (Phi) is 13.4. The molecule has 0 aromatic carbocycles. The summed E-state index contributed by atoms with van der Waals surface area (Å²) in [5, 5.41) is 6.82. The van der Waals surface area contributed by atoms with Crippen LogP contribution in [-0.4, -0.2) is 50.1 Å². The van der Waals surface area contributed by atoms with Gasteiger partial charge in [-0.1, -0.05) is 20.8 Å². The number of hydrogen-bond donors (Lipinski definition) is 2. The van der Waals surface area contributed by atoms with Crippen LogP contribution in [0.5, 0.6) is 0 Å². The third kappa shape index (κ3) is 9.87. The number of likely N-dealkylation sites (tertiary alicyclic amines) is 1. The molecule has 0 bridgehead atoms. The lowest BCUT2D eigenvalue weighted by molar-refractivity contribution is 0.326. The third-order valence-electron chi connectivity index (χ3n) is 4.01. The summed E-state index contributed by atoms with van der Waals surface area (Å²) < 4.78 is 0. The lowest BCUT2D eigenvalue weighted by atomic mass is 10.1. The monoisotopic (exact) mass is 424 g/mol. The number of hydrogen-bond acceptors (Lipinski definition) is 2. The summed E-state index contributed by atoms with van der Waals surface area (Å²) in [7, 11) is 0. The quantitative estimate of drug-likeness (QED) is 0.258. The molecule has 1 fully saturated rings. The fourth-order valence-electron chi connectivity index (χ4n) is 2.86. The molecular weight excluding hydrogens is 387 g/mol. The summed E-state index contributed by atoms with van der Waals surface area (Å²) >= 11 is 0. The maximum Gasteiger partial charge on any atom is 0.191 e. The number of rotatable bonds is 9. The van der Waals surface area contributed by atoms with E-state index in [1.54, 1.807) is 0 Å². The fraction of sp³-hybridized carbons (Fsp3) is 0.941. The van der Waals surface area contributed by atoms with Crippen molar-refractivity contribution in [2.75, 3.05) is 39.3 Å². The Morgan fingerprint density at radius 1 is 1.27 bits per heavy atom. The van der Waals surface area contributed by atoms with E-state index in [1.165, 1.54) is 45.3 Å². The van der Waals surface area contributed by atoms with E-state index in [9.17, 15) is 0 Å². The molecule has 2 N–H and O–H groups in total. The molecule has 5 heteroatoms. The van der Waals surface area contributed by atoms with E-state index < -0.39 is 0 Å². The topological polar surface area (TPSA) is 39.7 Å². The average molecular weight is 424 g/mol. The average Bonchev–Trinajstić information content (AvgIpc) is 2.88. The fourth-order valence-corrected chi connectivity index (χ4v) is 2.86. The predicted molar refractivity (Wildman–Crippen MR) is 108 cm³/mol. The first-order valence-corrected chi connectivity index (χ1v) is 8.90. The van der Waals surface area contributed by atoms with Gasteiger partial charge >= 0.3 is 0 Å². The minimum absolute atomic E-state index is 0. The zero-order valence-electron chi connectivity index (χ0n) is 15.0. The van der Waals surface area contributed by atoms with E-state index in [1.807, 2.05) is 0 Å². The molecule has 0 spiro atoms. The van der Waals surface area contributed by atoms with Crippen molar-refractivity contribution in [3.05, 3.63) is 0 Å². The molecular formula is C17H37IN4. The molecule has 0 saturated carbocycles. The summed E-state index contributed by atoms with van der Waals surface area (Å²) in [5.74, 6) is 2.52. The molecule has 1 heterocycles. The summed E-state index contributed by atoms with van der Waals surface area (Å²) in [6.07, 6.45) is 5.06. The molecule has 0 aliphatic carbocycles. The van der Waals surface area contributed by atoms with E-state index >= 15 is 0 Å². The summed E-state index contributed by atoms with van der Waals surface area (Å²) in [5.41, 5.74) is 0. The van der Waals surface area contributed by atoms with Gasteiger partial charge in [-0.3, -0.25) is 4.99 Å². The number of nitrogens with one attached hydrogen (secondary N) is 2. The second kappa shape index (κ2) is 13.4. The van der Waals surface area contributed by atoms with Gasteiger partial charge in [0.1, 0.15) is 0 Å². The van der Waals surface area contributed by atoms with Crippen molar-refractivity contribution in [3.63, 3.8) is 0 Å². The van der Waals surface area contributed by atoms with Crippen LogP contribution in [0.3, 0.4) is 0 Å². The highest BCUT2D eigenvalue weighted by atomic mass is 127. The van der Waals surface area contributed by atoms with E-state index in [0.29, 0.717) is 0 Å². The molecule has 0 amide bonds. The van der Waals surface area contributed by atoms with Gasteiger partial charge in [0.25, 0.3) is 0 Å². The summed E-state index contributed by atoms with van der Waals surface area (Å²) in [4.78, 5) is 7.35. The van der Waals surface area contributed by atoms with E-state index in [-0.39, 0.29) is 24.0 Å². The molecule has 1 saturated heterocycles. The van der Waals surface area contributed by atoms with Gasteiger partial charge in [0, 0.05) is 26.2 Å². The van der Waals surface area contributed by atoms with Gasteiger partial charge in [-0.15, -0.1) is 24.0 Å². The summed E-state index contributed by atoms with van der Waals surface area (Å²) in [6.45, 7) is 15.6. The first kappa shape index (κ1) is 22.0. The molecule has 22 heavy (non-hydrogen) atoms. The van der Waals surface area contributed by atoms with Crippen LogP contribution in [-0.2, 0) is 0 Å². The largest absolute Gasteiger partial charge is 0.357 e. The Labute approximate surface area is 154 Å². The second-order valence-electron chi connectivity index (χ2n) is 6.64. The van der Waals surface area contributed by atoms with Gasteiger partial charge in [-0.05, 0) is 57.5 Å². The predicted octanol–water partition coefficient (Wildman–Crippen LogP) is 3.33. The Hall–Kier alpha value is -0.0400. The van der Waals surface area contributed by atoms with Crippen molar-refractivity contribution in [1.29, 1.82) is 0 Å². The molecule has 1 unspecified atom stereocenters. The SMILES string of the molecule is CCCN1CCC(CN=C(NCC)NCCCC(C)C)C1.I. The highest BCUT2D eigenvalue weighted by Crippen LogP contribution is 2.16. The number of guanidine groups is 1. The Morgan fingerprint density at radius 2 is 2.05 bits per heavy atom. The van der Waals surface area contributed by atoms with Crippen molar-refractivity contribution in [2.45, 2.75) is 53.4 Å². The molecule has 1 rings (SSSR count). The molecule has 1 aliphatic heterocycles. The number of nitrogens with zero attached hydrogens (tertiary/aromatic N) is 2. The van der Waals surface area contributed by atoms with Crippen molar-refractivity contribution >= 4 is 29.9 Å². The van der Waals surface area contributed by atoms with E-state index in [0.717, 1.165) is 37.4 Å². The normalized spacial score (nSPS) is 19.3. The smallest absolute Gasteiger partial charge is 0.191 e. The molecule has 1 aliphatic rings. The number of halogens is 1. The zero-order chi connectivity index (χ0) is 15.5. The summed E-state index contributed by atoms with van der Waals surface area (Å²) in [6, 6.07) is 0. The maximum absolute atomic E-state index is 4.77. The van der Waals surface area contributed by atoms with E-state index in [4.69, 9.17) is 4.99 Å². The first-order chi connectivity index (χ1) is 10.2. The van der Waals surface area contributed by atoms with Crippen LogP contribution in [0, 0.1) is 11.8 Å². The minimum atomic E-state index is 0.